The standard InChI is InChI=1S/C16H14FNO2/c1-2-11-20-15-9-3-12(4-10-15)16(19)18-14-7-5-13(17)6-8-14/h2-10H,1,11H2,(H,18,19). The fourth-order valence-corrected chi connectivity index (χ4v) is 1.59. The van der Waals surface area contributed by atoms with Crippen LogP contribution in [-0.4, -0.2) is 12.5 Å². The summed E-state index contributed by atoms with van der Waals surface area (Å²) < 4.78 is 18.1. The van der Waals surface area contributed by atoms with Gasteiger partial charge in [0, 0.05) is 11.3 Å². The summed E-state index contributed by atoms with van der Waals surface area (Å²) in [5.74, 6) is 0.0711. The maximum absolute atomic E-state index is 12.8. The van der Waals surface area contributed by atoms with Crippen LogP contribution in [0.15, 0.2) is 61.2 Å². The molecule has 0 aliphatic carbocycles. The van der Waals surface area contributed by atoms with E-state index in [9.17, 15) is 9.18 Å². The van der Waals surface area contributed by atoms with Crippen molar-refractivity contribution >= 4 is 11.6 Å². The molecule has 0 aromatic heterocycles. The van der Waals surface area contributed by atoms with Crippen molar-refractivity contribution in [3.05, 3.63) is 72.6 Å². The molecule has 3 nitrogen and oxygen atoms in total. The van der Waals surface area contributed by atoms with Gasteiger partial charge in [0.25, 0.3) is 5.91 Å². The van der Waals surface area contributed by atoms with Gasteiger partial charge < -0.3 is 10.1 Å². The molecule has 0 bridgehead atoms. The first-order valence-electron chi connectivity index (χ1n) is 6.10. The summed E-state index contributed by atoms with van der Waals surface area (Å²) in [6.07, 6.45) is 1.65. The quantitative estimate of drug-likeness (QED) is 0.843. The Morgan fingerprint density at radius 3 is 2.40 bits per heavy atom. The number of halogens is 1. The minimum atomic E-state index is -0.341. The molecule has 2 aromatic rings. The van der Waals surface area contributed by atoms with Gasteiger partial charge in [0.2, 0.25) is 0 Å². The normalized spacial score (nSPS) is 9.85. The number of hydrogen-bond donors (Lipinski definition) is 1. The highest BCUT2D eigenvalue weighted by Crippen LogP contribution is 2.14. The molecule has 102 valence electrons. The predicted molar refractivity (Wildman–Crippen MR) is 76.5 cm³/mol. The van der Waals surface area contributed by atoms with Gasteiger partial charge in [-0.25, -0.2) is 4.39 Å². The predicted octanol–water partition coefficient (Wildman–Crippen LogP) is 3.64. The minimum absolute atomic E-state index is 0.258. The van der Waals surface area contributed by atoms with Gasteiger partial charge in [-0.3, -0.25) is 4.79 Å². The van der Waals surface area contributed by atoms with Crippen molar-refractivity contribution in [1.82, 2.24) is 0 Å². The molecular weight excluding hydrogens is 257 g/mol. The second kappa shape index (κ2) is 6.52. The average Bonchev–Trinajstić information content (AvgIpc) is 2.48. The van der Waals surface area contributed by atoms with Crippen LogP contribution in [0.1, 0.15) is 10.4 Å². The highest BCUT2D eigenvalue weighted by Gasteiger charge is 2.06. The molecular formula is C16H14FNO2. The highest BCUT2D eigenvalue weighted by atomic mass is 19.1. The molecule has 0 radical (unpaired) electrons. The van der Waals surface area contributed by atoms with E-state index in [1.165, 1.54) is 24.3 Å². The van der Waals surface area contributed by atoms with Crippen molar-refractivity contribution in [1.29, 1.82) is 0 Å². The summed E-state index contributed by atoms with van der Waals surface area (Å²) in [4.78, 5) is 12.0. The second-order valence-corrected chi connectivity index (χ2v) is 4.09. The van der Waals surface area contributed by atoms with Crippen LogP contribution < -0.4 is 10.1 Å². The van der Waals surface area contributed by atoms with E-state index in [-0.39, 0.29) is 11.7 Å². The summed E-state index contributed by atoms with van der Waals surface area (Å²) >= 11 is 0. The smallest absolute Gasteiger partial charge is 0.255 e. The first-order chi connectivity index (χ1) is 9.69. The number of rotatable bonds is 5. The van der Waals surface area contributed by atoms with E-state index in [2.05, 4.69) is 11.9 Å². The van der Waals surface area contributed by atoms with Crippen molar-refractivity contribution in [3.8, 4) is 5.75 Å². The van der Waals surface area contributed by atoms with E-state index in [4.69, 9.17) is 4.74 Å². The maximum atomic E-state index is 12.8. The molecule has 2 rings (SSSR count). The van der Waals surface area contributed by atoms with Crippen LogP contribution in [0, 0.1) is 5.82 Å². The highest BCUT2D eigenvalue weighted by molar-refractivity contribution is 6.04. The topological polar surface area (TPSA) is 38.3 Å². The third-order valence-electron chi connectivity index (χ3n) is 2.59. The minimum Gasteiger partial charge on any atom is -0.490 e. The Morgan fingerprint density at radius 1 is 1.15 bits per heavy atom. The molecule has 0 saturated carbocycles. The van der Waals surface area contributed by atoms with Gasteiger partial charge in [-0.1, -0.05) is 12.7 Å². The van der Waals surface area contributed by atoms with Crippen LogP contribution in [0.4, 0.5) is 10.1 Å². The molecule has 4 heteroatoms. The van der Waals surface area contributed by atoms with E-state index in [1.54, 1.807) is 30.3 Å². The van der Waals surface area contributed by atoms with E-state index in [0.29, 0.717) is 23.6 Å². The number of ether oxygens (including phenoxy) is 1. The number of hydrogen-bond acceptors (Lipinski definition) is 2. The number of carbonyl (C=O) groups excluding carboxylic acids is 1. The van der Waals surface area contributed by atoms with E-state index in [0.717, 1.165) is 0 Å². The van der Waals surface area contributed by atoms with Crippen LogP contribution in [0.2, 0.25) is 0 Å². The van der Waals surface area contributed by atoms with Crippen molar-refractivity contribution < 1.29 is 13.9 Å². The lowest BCUT2D eigenvalue weighted by atomic mass is 10.2. The monoisotopic (exact) mass is 271 g/mol. The van der Waals surface area contributed by atoms with Gasteiger partial charge in [0.05, 0.1) is 0 Å². The number of anilines is 1. The Labute approximate surface area is 116 Å². The lowest BCUT2D eigenvalue weighted by Crippen LogP contribution is -2.11. The Morgan fingerprint density at radius 2 is 1.80 bits per heavy atom. The largest absolute Gasteiger partial charge is 0.490 e. The Balaban J connectivity index is 2.01. The van der Waals surface area contributed by atoms with Crippen LogP contribution >= 0.6 is 0 Å². The maximum Gasteiger partial charge on any atom is 0.255 e. The van der Waals surface area contributed by atoms with Gasteiger partial charge in [-0.2, -0.15) is 0 Å². The van der Waals surface area contributed by atoms with Crippen LogP contribution in [0.5, 0.6) is 5.75 Å². The van der Waals surface area contributed by atoms with E-state index < -0.39 is 0 Å². The molecule has 0 atom stereocenters. The molecule has 0 spiro atoms. The molecule has 20 heavy (non-hydrogen) atoms. The van der Waals surface area contributed by atoms with Crippen LogP contribution in [0.25, 0.3) is 0 Å². The van der Waals surface area contributed by atoms with Crippen molar-refractivity contribution in [2.24, 2.45) is 0 Å². The summed E-state index contributed by atoms with van der Waals surface area (Å²) in [5.41, 5.74) is 1.05. The first-order valence-corrected chi connectivity index (χ1v) is 6.10. The molecule has 2 aromatic carbocycles. The van der Waals surface area contributed by atoms with E-state index in [1.807, 2.05) is 0 Å². The zero-order valence-electron chi connectivity index (χ0n) is 10.8. The van der Waals surface area contributed by atoms with Gasteiger partial charge in [-0.15, -0.1) is 0 Å². The van der Waals surface area contributed by atoms with Crippen LogP contribution in [0.3, 0.4) is 0 Å². The third-order valence-corrected chi connectivity index (χ3v) is 2.59. The molecule has 1 amide bonds. The lowest BCUT2D eigenvalue weighted by Gasteiger charge is -2.06. The number of carbonyl (C=O) groups is 1. The van der Waals surface area contributed by atoms with Crippen LogP contribution in [-0.2, 0) is 0 Å². The van der Waals surface area contributed by atoms with Gasteiger partial charge in [0.1, 0.15) is 18.2 Å². The summed E-state index contributed by atoms with van der Waals surface area (Å²) in [6.45, 7) is 3.98. The average molecular weight is 271 g/mol. The molecule has 1 N–H and O–H groups in total. The van der Waals surface area contributed by atoms with Crippen molar-refractivity contribution in [2.45, 2.75) is 0 Å². The number of amides is 1. The Bertz CT molecular complexity index is 591. The van der Waals surface area contributed by atoms with Gasteiger partial charge in [-0.05, 0) is 48.5 Å². The molecule has 0 heterocycles. The number of nitrogens with one attached hydrogen (secondary N) is 1. The fourth-order valence-electron chi connectivity index (χ4n) is 1.59. The lowest BCUT2D eigenvalue weighted by molar-refractivity contribution is 0.102. The Hall–Kier alpha value is -2.62. The molecule has 0 aliphatic heterocycles. The SMILES string of the molecule is C=CCOc1ccc(C(=O)Nc2ccc(F)cc2)cc1. The number of benzene rings is 2. The first kappa shape index (κ1) is 13.8. The third kappa shape index (κ3) is 3.68. The van der Waals surface area contributed by atoms with E-state index >= 15 is 0 Å². The summed E-state index contributed by atoms with van der Waals surface area (Å²) in [6, 6.07) is 12.4. The Kier molecular flexibility index (Phi) is 4.50. The molecule has 0 fully saturated rings. The van der Waals surface area contributed by atoms with Gasteiger partial charge >= 0.3 is 0 Å². The zero-order chi connectivity index (χ0) is 14.4. The molecule has 0 unspecified atom stereocenters. The van der Waals surface area contributed by atoms with Gasteiger partial charge in [0.15, 0.2) is 0 Å². The van der Waals surface area contributed by atoms with Crippen molar-refractivity contribution in [2.75, 3.05) is 11.9 Å². The fraction of sp³-hybridized carbons (Fsp3) is 0.0625. The molecule has 0 aliphatic rings. The molecule has 0 saturated heterocycles. The second-order valence-electron chi connectivity index (χ2n) is 4.09. The summed E-state index contributed by atoms with van der Waals surface area (Å²) in [5, 5.41) is 2.69. The van der Waals surface area contributed by atoms with Crippen molar-refractivity contribution in [3.63, 3.8) is 0 Å². The zero-order valence-corrected chi connectivity index (χ0v) is 10.8. The summed E-state index contributed by atoms with van der Waals surface area (Å²) in [7, 11) is 0.